The van der Waals surface area contributed by atoms with Crippen molar-refractivity contribution in [1.82, 2.24) is 30.1 Å². The lowest BCUT2D eigenvalue weighted by Gasteiger charge is -2.18. The van der Waals surface area contributed by atoms with Crippen LogP contribution in [0.15, 0.2) is 42.9 Å². The topological polar surface area (TPSA) is 128 Å². The van der Waals surface area contributed by atoms with E-state index in [9.17, 15) is 9.18 Å². The van der Waals surface area contributed by atoms with Gasteiger partial charge in [0.1, 0.15) is 22.7 Å². The lowest BCUT2D eigenvalue weighted by atomic mass is 10.3. The summed E-state index contributed by atoms with van der Waals surface area (Å²) in [7, 11) is 0. The molecule has 0 bridgehead atoms. The summed E-state index contributed by atoms with van der Waals surface area (Å²) < 4.78 is 24.4. The highest BCUT2D eigenvalue weighted by atomic mass is 35.5. The number of anilines is 1. The predicted molar refractivity (Wildman–Crippen MR) is 114 cm³/mol. The number of hydrogen-bond acceptors (Lipinski definition) is 8. The fourth-order valence-corrected chi connectivity index (χ4v) is 2.94. The molecule has 0 saturated heterocycles. The molecule has 0 spiro atoms. The zero-order valence-corrected chi connectivity index (χ0v) is 17.5. The van der Waals surface area contributed by atoms with Gasteiger partial charge < -0.3 is 14.8 Å². The number of fused-ring (bicyclic) bond motifs is 1. The molecule has 0 unspecified atom stereocenters. The summed E-state index contributed by atoms with van der Waals surface area (Å²) in [6, 6.07) is 5.87. The molecular weight excluding hydrogens is 441 g/mol. The van der Waals surface area contributed by atoms with Crippen molar-refractivity contribution < 1.29 is 18.7 Å². The Hall–Kier alpha value is -3.70. The van der Waals surface area contributed by atoms with Gasteiger partial charge in [0.05, 0.1) is 24.0 Å². The van der Waals surface area contributed by atoms with Gasteiger partial charge in [0, 0.05) is 12.8 Å². The molecule has 0 aromatic carbocycles. The fourth-order valence-electron chi connectivity index (χ4n) is 2.73. The molecule has 1 atom stereocenters. The summed E-state index contributed by atoms with van der Waals surface area (Å²) in [6.07, 6.45) is 2.94. The van der Waals surface area contributed by atoms with Crippen LogP contribution in [0.3, 0.4) is 0 Å². The normalized spacial score (nSPS) is 12.0. The number of carbonyl (C=O) groups is 1. The Kier molecular flexibility index (Phi) is 6.47. The highest BCUT2D eigenvalue weighted by Gasteiger charge is 2.25. The number of rotatable bonds is 8. The molecule has 0 fully saturated rings. The molecule has 4 aromatic heterocycles. The highest BCUT2D eigenvalue weighted by Crippen LogP contribution is 2.28. The van der Waals surface area contributed by atoms with E-state index >= 15 is 0 Å². The number of amides is 1. The molecule has 0 saturated carbocycles. The third-order valence-electron chi connectivity index (χ3n) is 4.24. The number of pyridine rings is 2. The van der Waals surface area contributed by atoms with Gasteiger partial charge >= 0.3 is 0 Å². The van der Waals surface area contributed by atoms with Crippen molar-refractivity contribution >= 4 is 34.4 Å². The van der Waals surface area contributed by atoms with E-state index in [1.807, 2.05) is 0 Å². The maximum Gasteiger partial charge on any atom is 0.269 e. The summed E-state index contributed by atoms with van der Waals surface area (Å²) in [4.78, 5) is 29.7. The van der Waals surface area contributed by atoms with Crippen LogP contribution in [0.4, 0.5) is 10.2 Å². The molecule has 4 heterocycles. The van der Waals surface area contributed by atoms with Crippen molar-refractivity contribution in [3.05, 3.63) is 53.7 Å². The average Bonchev–Trinajstić information content (AvgIpc) is 3.27. The van der Waals surface area contributed by atoms with E-state index in [1.54, 1.807) is 25.3 Å². The van der Waals surface area contributed by atoms with E-state index in [1.165, 1.54) is 18.3 Å². The van der Waals surface area contributed by atoms with Crippen LogP contribution < -0.4 is 10.1 Å². The summed E-state index contributed by atoms with van der Waals surface area (Å²) in [5.74, 6) is -0.622. The number of ether oxygens (including phenoxy) is 2. The van der Waals surface area contributed by atoms with Crippen molar-refractivity contribution in [2.24, 2.45) is 0 Å². The SMILES string of the molecule is CCOC[C@H](Oc1nc(-c2ncccc2Cl)nc2[nH]ncc12)C(=O)Nc1ccc(F)cn1. The van der Waals surface area contributed by atoms with Gasteiger partial charge in [-0.15, -0.1) is 0 Å². The molecule has 4 rings (SSSR count). The van der Waals surface area contributed by atoms with Crippen LogP contribution in [-0.4, -0.2) is 55.4 Å². The molecule has 0 aliphatic heterocycles. The third-order valence-corrected chi connectivity index (χ3v) is 4.55. The van der Waals surface area contributed by atoms with E-state index in [4.69, 9.17) is 21.1 Å². The van der Waals surface area contributed by atoms with Crippen molar-refractivity contribution in [3.63, 3.8) is 0 Å². The predicted octanol–water partition coefficient (Wildman–Crippen LogP) is 3.03. The number of H-pyrrole nitrogens is 1. The molecule has 32 heavy (non-hydrogen) atoms. The maximum atomic E-state index is 13.1. The fraction of sp³-hybridized carbons (Fsp3) is 0.200. The molecular formula is C20H17ClFN7O3. The van der Waals surface area contributed by atoms with E-state index in [2.05, 4.69) is 35.5 Å². The van der Waals surface area contributed by atoms with Crippen LogP contribution in [0, 0.1) is 5.82 Å². The Morgan fingerprint density at radius 2 is 2.12 bits per heavy atom. The first-order chi connectivity index (χ1) is 15.5. The molecule has 2 N–H and O–H groups in total. The standard InChI is InChI=1S/C20H17ClFN7O3/c1-2-31-10-14(19(30)26-15-6-5-11(22)8-24-15)32-20-12-9-25-29-17(12)27-18(28-20)16-13(21)4-3-7-23-16/h3-9,14H,2,10H2,1H3,(H,24,26,30)(H,25,27,28,29)/t14-/m0/s1. The molecule has 4 aromatic rings. The van der Waals surface area contributed by atoms with Gasteiger partial charge in [-0.25, -0.2) is 14.4 Å². The molecule has 164 valence electrons. The van der Waals surface area contributed by atoms with Crippen LogP contribution in [0.5, 0.6) is 5.88 Å². The van der Waals surface area contributed by atoms with Gasteiger partial charge in [-0.1, -0.05) is 11.6 Å². The first kappa shape index (κ1) is 21.5. The van der Waals surface area contributed by atoms with Crippen molar-refractivity contribution in [1.29, 1.82) is 0 Å². The number of carbonyl (C=O) groups excluding carboxylic acids is 1. The molecule has 12 heteroatoms. The van der Waals surface area contributed by atoms with Crippen LogP contribution in [0.1, 0.15) is 6.92 Å². The first-order valence-corrected chi connectivity index (χ1v) is 9.91. The highest BCUT2D eigenvalue weighted by molar-refractivity contribution is 6.32. The van der Waals surface area contributed by atoms with Gasteiger partial charge in [0.15, 0.2) is 11.5 Å². The van der Waals surface area contributed by atoms with E-state index in [0.717, 1.165) is 6.20 Å². The van der Waals surface area contributed by atoms with Crippen LogP contribution in [-0.2, 0) is 9.53 Å². The number of hydrogen-bond donors (Lipinski definition) is 2. The summed E-state index contributed by atoms with van der Waals surface area (Å²) in [6.45, 7) is 2.09. The number of halogens is 2. The smallest absolute Gasteiger partial charge is 0.269 e. The van der Waals surface area contributed by atoms with Gasteiger partial charge in [-0.2, -0.15) is 10.1 Å². The Labute approximate surface area is 186 Å². The Morgan fingerprint density at radius 1 is 1.25 bits per heavy atom. The number of nitrogens with one attached hydrogen (secondary N) is 2. The van der Waals surface area contributed by atoms with Gasteiger partial charge in [-0.05, 0) is 31.2 Å². The summed E-state index contributed by atoms with van der Waals surface area (Å²) >= 11 is 6.24. The lowest BCUT2D eigenvalue weighted by molar-refractivity contribution is -0.125. The van der Waals surface area contributed by atoms with E-state index < -0.39 is 17.8 Å². The van der Waals surface area contributed by atoms with Gasteiger partial charge in [0.2, 0.25) is 12.0 Å². The van der Waals surface area contributed by atoms with Gasteiger partial charge in [0.25, 0.3) is 5.91 Å². The maximum absolute atomic E-state index is 13.1. The second-order valence-electron chi connectivity index (χ2n) is 6.44. The monoisotopic (exact) mass is 457 g/mol. The van der Waals surface area contributed by atoms with Crippen molar-refractivity contribution in [2.45, 2.75) is 13.0 Å². The number of nitrogens with zero attached hydrogens (tertiary/aromatic N) is 5. The summed E-state index contributed by atoms with van der Waals surface area (Å²) in [5, 5.41) is 10.1. The van der Waals surface area contributed by atoms with Gasteiger partial charge in [-0.3, -0.25) is 14.9 Å². The molecule has 10 nitrogen and oxygen atoms in total. The minimum absolute atomic E-state index is 0.0629. The minimum atomic E-state index is -1.10. The zero-order chi connectivity index (χ0) is 22.5. The van der Waals surface area contributed by atoms with Crippen molar-refractivity contribution in [2.75, 3.05) is 18.5 Å². The zero-order valence-electron chi connectivity index (χ0n) is 16.7. The largest absolute Gasteiger partial charge is 0.461 e. The van der Waals surface area contributed by atoms with Crippen LogP contribution in [0.2, 0.25) is 5.02 Å². The molecule has 1 amide bonds. The molecule has 0 radical (unpaired) electrons. The number of aromatic amines is 1. The Morgan fingerprint density at radius 3 is 2.88 bits per heavy atom. The molecule has 0 aliphatic carbocycles. The number of aromatic nitrogens is 6. The molecule has 0 aliphatic rings. The average molecular weight is 458 g/mol. The minimum Gasteiger partial charge on any atom is -0.461 e. The lowest BCUT2D eigenvalue weighted by Crippen LogP contribution is -2.37. The quantitative estimate of drug-likeness (QED) is 0.413. The summed E-state index contributed by atoms with van der Waals surface area (Å²) in [5.41, 5.74) is 0.722. The van der Waals surface area contributed by atoms with Crippen LogP contribution >= 0.6 is 11.6 Å². The second-order valence-corrected chi connectivity index (χ2v) is 6.84. The third kappa shape index (κ3) is 4.79. The van der Waals surface area contributed by atoms with E-state index in [0.29, 0.717) is 28.4 Å². The second kappa shape index (κ2) is 9.62. The van der Waals surface area contributed by atoms with Crippen LogP contribution in [0.25, 0.3) is 22.6 Å². The first-order valence-electron chi connectivity index (χ1n) is 9.54. The Balaban J connectivity index is 1.66. The van der Waals surface area contributed by atoms with E-state index in [-0.39, 0.29) is 24.1 Å². The Bertz CT molecular complexity index is 1240. The van der Waals surface area contributed by atoms with Crippen molar-refractivity contribution in [3.8, 4) is 17.4 Å².